The van der Waals surface area contributed by atoms with Crippen LogP contribution in [0.1, 0.15) is 100 Å². The number of fused-ring (bicyclic) bond motifs is 1. The van der Waals surface area contributed by atoms with Crippen molar-refractivity contribution in [2.24, 2.45) is 11.7 Å². The maximum absolute atomic E-state index is 14.8. The molecule has 5 amide bonds. The van der Waals surface area contributed by atoms with E-state index in [0.717, 1.165) is 37.5 Å². The average molecular weight is 748 g/mol. The number of benzene rings is 1. The van der Waals surface area contributed by atoms with Gasteiger partial charge in [0.1, 0.15) is 17.7 Å². The lowest BCUT2D eigenvalue weighted by molar-refractivity contribution is -0.142. The van der Waals surface area contributed by atoms with E-state index in [1.807, 2.05) is 6.07 Å². The van der Waals surface area contributed by atoms with Crippen molar-refractivity contribution in [1.82, 2.24) is 40.8 Å². The molecule has 0 radical (unpaired) electrons. The fourth-order valence-electron chi connectivity index (χ4n) is 7.55. The Morgan fingerprint density at radius 2 is 1.76 bits per heavy atom. The first-order valence-corrected chi connectivity index (χ1v) is 18.4. The predicted molar refractivity (Wildman–Crippen MR) is 195 cm³/mol. The lowest BCUT2D eigenvalue weighted by Gasteiger charge is -2.32. The minimum Gasteiger partial charge on any atom is -0.465 e. The summed E-state index contributed by atoms with van der Waals surface area (Å²) in [6, 6.07) is 2.86. The van der Waals surface area contributed by atoms with E-state index in [0.29, 0.717) is 29.5 Å². The molecule has 1 aliphatic carbocycles. The van der Waals surface area contributed by atoms with E-state index in [4.69, 9.17) is 10.8 Å². The summed E-state index contributed by atoms with van der Waals surface area (Å²) in [6.07, 6.45) is 9.26. The molecule has 4 atom stereocenters. The summed E-state index contributed by atoms with van der Waals surface area (Å²) in [7, 11) is 0. The number of unbranched alkanes of at least 4 members (excludes halogenated alkanes) is 1. The van der Waals surface area contributed by atoms with Crippen LogP contribution >= 0.6 is 0 Å². The second kappa shape index (κ2) is 17.6. The van der Waals surface area contributed by atoms with E-state index in [1.165, 1.54) is 15.8 Å². The number of nitrogens with one attached hydrogen (secondary N) is 3. The van der Waals surface area contributed by atoms with Crippen molar-refractivity contribution in [2.45, 2.75) is 108 Å². The number of pyridine rings is 1. The van der Waals surface area contributed by atoms with Crippen molar-refractivity contribution in [2.75, 3.05) is 13.1 Å². The molecule has 54 heavy (non-hydrogen) atoms. The lowest BCUT2D eigenvalue weighted by atomic mass is 9.84. The molecule has 1 aliphatic heterocycles. The molecule has 2 aliphatic rings. The quantitative estimate of drug-likeness (QED) is 0.0912. The van der Waals surface area contributed by atoms with Gasteiger partial charge in [0.2, 0.25) is 17.6 Å². The zero-order valence-electron chi connectivity index (χ0n) is 30.6. The van der Waals surface area contributed by atoms with Crippen LogP contribution < -0.4 is 21.7 Å². The predicted octanol–water partition coefficient (Wildman–Crippen LogP) is 1.94. The highest BCUT2D eigenvalue weighted by atomic mass is 16.4. The van der Waals surface area contributed by atoms with Gasteiger partial charge in [0.25, 0.3) is 11.8 Å². The number of aromatic nitrogens is 4. The van der Waals surface area contributed by atoms with E-state index in [1.54, 1.807) is 44.4 Å². The number of carbonyl (C=O) groups excluding carboxylic acids is 5. The van der Waals surface area contributed by atoms with E-state index in [9.17, 15) is 33.9 Å². The standard InChI is InChI=1S/C37H49N9O8/c1-37(2,54)30-20-41-44-46(30)24-18-29(34(50)42-27(31(47)32(38)48)13-6-7-15-40-36(52)53)45(21-24)35(51)28(17-22-9-4-3-5-10-22)43-33(49)26-12-8-11-23-19-39-16-14-25(23)26/h8,11-12,14,16,19-20,22,24,27-29,40,54H,3-7,9-10,13,15,17-18,21H2,1-2H3,(H2,38,48)(H,42,50)(H,43,49)(H,52,53)/t24-,27-,28+,29-/m0/s1. The Hall–Kier alpha value is -5.45. The lowest BCUT2D eigenvalue weighted by Crippen LogP contribution is -2.56. The van der Waals surface area contributed by atoms with Gasteiger partial charge >= 0.3 is 6.09 Å². The van der Waals surface area contributed by atoms with Gasteiger partial charge in [-0.1, -0.05) is 49.5 Å². The number of nitrogens with two attached hydrogens (primary N) is 1. The molecular formula is C37H49N9O8. The van der Waals surface area contributed by atoms with E-state index in [2.05, 4.69) is 31.2 Å². The number of nitrogens with zero attached hydrogens (tertiary/aromatic N) is 5. The van der Waals surface area contributed by atoms with Gasteiger partial charge in [-0.3, -0.25) is 29.0 Å². The van der Waals surface area contributed by atoms with Crippen LogP contribution in [0.15, 0.2) is 42.9 Å². The molecule has 1 aromatic carbocycles. The number of amides is 5. The first-order chi connectivity index (χ1) is 25.7. The molecule has 1 saturated heterocycles. The van der Waals surface area contributed by atoms with Gasteiger partial charge in [0, 0.05) is 42.9 Å². The molecule has 0 bridgehead atoms. The highest BCUT2D eigenvalue weighted by Gasteiger charge is 2.45. The number of rotatable bonds is 16. The molecule has 7 N–H and O–H groups in total. The highest BCUT2D eigenvalue weighted by Crippen LogP contribution is 2.34. The van der Waals surface area contributed by atoms with Gasteiger partial charge in [-0.15, -0.1) is 5.10 Å². The summed E-state index contributed by atoms with van der Waals surface area (Å²) >= 11 is 0. The van der Waals surface area contributed by atoms with Gasteiger partial charge in [0.05, 0.1) is 24.0 Å². The summed E-state index contributed by atoms with van der Waals surface area (Å²) in [5.74, 6) is -3.80. The molecule has 5 rings (SSSR count). The Morgan fingerprint density at radius 1 is 1.00 bits per heavy atom. The first-order valence-electron chi connectivity index (χ1n) is 18.4. The molecule has 2 fully saturated rings. The van der Waals surface area contributed by atoms with E-state index < -0.39 is 65.3 Å². The Kier molecular flexibility index (Phi) is 12.9. The second-order valence-electron chi connectivity index (χ2n) is 14.7. The van der Waals surface area contributed by atoms with Gasteiger partial charge in [-0.05, 0) is 63.0 Å². The summed E-state index contributed by atoms with van der Waals surface area (Å²) in [6.45, 7) is 3.19. The van der Waals surface area contributed by atoms with Crippen LogP contribution in [-0.2, 0) is 24.8 Å². The van der Waals surface area contributed by atoms with Crippen molar-refractivity contribution in [3.05, 3.63) is 54.1 Å². The number of hydrogen-bond donors (Lipinski definition) is 6. The number of carboxylic acid groups (broad SMARTS) is 1. The zero-order valence-corrected chi connectivity index (χ0v) is 30.6. The monoisotopic (exact) mass is 747 g/mol. The van der Waals surface area contributed by atoms with Crippen LogP contribution in [0.3, 0.4) is 0 Å². The molecule has 17 heteroatoms. The second-order valence-corrected chi connectivity index (χ2v) is 14.7. The van der Waals surface area contributed by atoms with Crippen LogP contribution in [0.2, 0.25) is 0 Å². The van der Waals surface area contributed by atoms with Crippen LogP contribution in [0.5, 0.6) is 0 Å². The topological polar surface area (TPSA) is 252 Å². The van der Waals surface area contributed by atoms with E-state index in [-0.39, 0.29) is 38.3 Å². The molecule has 0 unspecified atom stereocenters. The third-order valence-corrected chi connectivity index (χ3v) is 10.3. The third kappa shape index (κ3) is 9.75. The summed E-state index contributed by atoms with van der Waals surface area (Å²) in [4.78, 5) is 84.2. The highest BCUT2D eigenvalue weighted by molar-refractivity contribution is 6.37. The number of Topliss-reactive ketones (excluding diaryl/α,β-unsaturated/α-hetero) is 1. The summed E-state index contributed by atoms with van der Waals surface area (Å²) < 4.78 is 1.48. The summed E-state index contributed by atoms with van der Waals surface area (Å²) in [5.41, 5.74) is 4.70. The Morgan fingerprint density at radius 3 is 2.46 bits per heavy atom. The van der Waals surface area contributed by atoms with Crippen molar-refractivity contribution in [3.8, 4) is 0 Å². The van der Waals surface area contributed by atoms with Crippen LogP contribution in [-0.4, -0.2) is 102 Å². The first kappa shape index (κ1) is 39.8. The average Bonchev–Trinajstić information content (AvgIpc) is 3.82. The smallest absolute Gasteiger partial charge is 0.404 e. The Balaban J connectivity index is 1.45. The molecule has 290 valence electrons. The van der Waals surface area contributed by atoms with Crippen LogP contribution in [0, 0.1) is 5.92 Å². The number of carbonyl (C=O) groups is 6. The normalized spacial score (nSPS) is 18.8. The molecule has 1 saturated carbocycles. The molecule has 17 nitrogen and oxygen atoms in total. The SMILES string of the molecule is CC(C)(O)c1cnnn1[C@H]1C[C@@H](C(=O)N[C@@H](CCCCNC(=O)O)C(=O)C(N)=O)N(C(=O)[C@@H](CC2CCCCC2)NC(=O)c2cccc3cnccc23)C1. The number of aliphatic hydroxyl groups is 1. The minimum atomic E-state index is -1.36. The van der Waals surface area contributed by atoms with E-state index >= 15 is 0 Å². The van der Waals surface area contributed by atoms with Crippen molar-refractivity contribution in [3.63, 3.8) is 0 Å². The third-order valence-electron chi connectivity index (χ3n) is 10.3. The largest absolute Gasteiger partial charge is 0.465 e. The fourth-order valence-corrected chi connectivity index (χ4v) is 7.55. The number of ketones is 1. The van der Waals surface area contributed by atoms with Gasteiger partial charge < -0.3 is 36.8 Å². The summed E-state index contributed by atoms with van der Waals surface area (Å²) in [5, 5.41) is 37.2. The molecular weight excluding hydrogens is 698 g/mol. The Labute approximate surface area is 312 Å². The Bertz CT molecular complexity index is 1850. The maximum Gasteiger partial charge on any atom is 0.404 e. The van der Waals surface area contributed by atoms with Gasteiger partial charge in [-0.2, -0.15) is 0 Å². The zero-order chi connectivity index (χ0) is 39.0. The number of primary amides is 1. The van der Waals surface area contributed by atoms with Crippen molar-refractivity contribution in [1.29, 1.82) is 0 Å². The molecule has 2 aromatic heterocycles. The van der Waals surface area contributed by atoms with Gasteiger partial charge in [0.15, 0.2) is 0 Å². The van der Waals surface area contributed by atoms with Crippen molar-refractivity contribution >= 4 is 46.3 Å². The molecule has 3 aromatic rings. The minimum absolute atomic E-state index is 0.00819. The number of hydrogen-bond acceptors (Lipinski definition) is 10. The van der Waals surface area contributed by atoms with Crippen molar-refractivity contribution < 1.29 is 39.0 Å². The van der Waals surface area contributed by atoms with Crippen LogP contribution in [0.25, 0.3) is 10.8 Å². The number of likely N-dealkylation sites (tertiary alicyclic amines) is 1. The fraction of sp³-hybridized carbons (Fsp3) is 0.541. The van der Waals surface area contributed by atoms with Gasteiger partial charge in [-0.25, -0.2) is 9.48 Å². The van der Waals surface area contributed by atoms with Crippen LogP contribution in [0.4, 0.5) is 4.79 Å². The molecule has 3 heterocycles. The maximum atomic E-state index is 14.8. The molecule has 0 spiro atoms.